The van der Waals surface area contributed by atoms with Gasteiger partial charge in [0.15, 0.2) is 0 Å². The number of benzene rings is 5. The second-order valence-corrected chi connectivity index (χ2v) is 13.5. The smallest absolute Gasteiger partial charge is 0.352 e. The summed E-state index contributed by atoms with van der Waals surface area (Å²) >= 11 is 0. The normalized spacial score (nSPS) is 22.3. The Balaban J connectivity index is 1.34. The fourth-order valence-electron chi connectivity index (χ4n) is 8.71. The average Bonchev–Trinajstić information content (AvgIpc) is 3.54. The minimum atomic E-state index is -1.52. The number of aryl methyl sites for hydroxylation is 1. The maximum absolute atomic E-state index is 15.4. The van der Waals surface area contributed by atoms with Gasteiger partial charge in [-0.1, -0.05) is 103 Å². The highest BCUT2D eigenvalue weighted by Gasteiger charge is 2.69. The fraction of sp³-hybridized carbons (Fsp3) is 0.171. The SMILES string of the molecule is Cc1ccc(NN2C(=O)C3CC4C(=CCn5c(=O)n(-c6ccccc6)c(=O)n54)C(c4c(O)ccc5ccccc45)C3(c3ccccc3)C2=O)cc1. The van der Waals surface area contributed by atoms with Crippen molar-refractivity contribution in [3.05, 3.63) is 171 Å². The first-order valence-electron chi connectivity index (χ1n) is 17.0. The topological polar surface area (TPSA) is 119 Å². The first kappa shape index (κ1) is 30.6. The van der Waals surface area contributed by atoms with Gasteiger partial charge in [-0.2, -0.15) is 5.01 Å². The highest BCUT2D eigenvalue weighted by atomic mass is 16.3. The van der Waals surface area contributed by atoms with Crippen LogP contribution in [0.1, 0.15) is 35.1 Å². The van der Waals surface area contributed by atoms with E-state index in [4.69, 9.17) is 0 Å². The lowest BCUT2D eigenvalue weighted by Gasteiger charge is -2.49. The van der Waals surface area contributed by atoms with E-state index in [9.17, 15) is 19.5 Å². The van der Waals surface area contributed by atoms with Crippen molar-refractivity contribution < 1.29 is 14.7 Å². The molecule has 0 spiro atoms. The van der Waals surface area contributed by atoms with E-state index >= 15 is 4.79 Å². The molecule has 9 rings (SSSR count). The molecular formula is C41H33N5O5. The van der Waals surface area contributed by atoms with Crippen LogP contribution in [0.25, 0.3) is 16.5 Å². The lowest BCUT2D eigenvalue weighted by Crippen LogP contribution is -2.53. The number of hydrazine groups is 1. The number of aromatic nitrogens is 3. The number of nitrogens with one attached hydrogen (secondary N) is 1. The molecule has 252 valence electrons. The molecule has 0 radical (unpaired) electrons. The number of phenolic OH excluding ortho intramolecular Hbond substituents is 1. The Kier molecular flexibility index (Phi) is 6.79. The lowest BCUT2D eigenvalue weighted by atomic mass is 9.53. The van der Waals surface area contributed by atoms with E-state index in [1.165, 1.54) is 9.36 Å². The molecule has 2 aliphatic heterocycles. The highest BCUT2D eigenvalue weighted by Crippen LogP contribution is 2.63. The first-order chi connectivity index (χ1) is 24.8. The van der Waals surface area contributed by atoms with Crippen LogP contribution < -0.4 is 16.8 Å². The van der Waals surface area contributed by atoms with Crippen LogP contribution in [-0.4, -0.2) is 35.9 Å². The van der Waals surface area contributed by atoms with Gasteiger partial charge in [0, 0.05) is 11.5 Å². The van der Waals surface area contributed by atoms with Gasteiger partial charge in [-0.25, -0.2) is 23.5 Å². The van der Waals surface area contributed by atoms with Crippen molar-refractivity contribution in [2.24, 2.45) is 5.92 Å². The molecular weight excluding hydrogens is 642 g/mol. The van der Waals surface area contributed by atoms with Gasteiger partial charge >= 0.3 is 11.4 Å². The molecule has 3 heterocycles. The summed E-state index contributed by atoms with van der Waals surface area (Å²) in [6.07, 6.45) is 1.97. The highest BCUT2D eigenvalue weighted by molar-refractivity contribution is 6.13. The standard InChI is InChI=1S/C41H33N5O5/c1-25-16-19-28(20-17-25)42-45-37(48)32-24-33-31(22-23-43-39(50)44(40(51)46(33)43)29-13-6-3-7-14-29)36(41(32,38(45)49)27-11-4-2-5-12-27)35-30-15-9-8-10-26(30)18-21-34(35)47/h2-22,32-33,36,42,47H,23-24H2,1H3. The van der Waals surface area contributed by atoms with Crippen molar-refractivity contribution in [1.29, 1.82) is 0 Å². The number of hydrogen-bond donors (Lipinski definition) is 2. The van der Waals surface area contributed by atoms with E-state index in [1.807, 2.05) is 104 Å². The third-order valence-corrected chi connectivity index (χ3v) is 10.9. The Morgan fingerprint density at radius 1 is 0.765 bits per heavy atom. The molecule has 51 heavy (non-hydrogen) atoms. The van der Waals surface area contributed by atoms with Crippen LogP contribution in [0.15, 0.2) is 143 Å². The van der Waals surface area contributed by atoms with Crippen molar-refractivity contribution in [2.45, 2.75) is 37.3 Å². The van der Waals surface area contributed by atoms with Gasteiger partial charge in [-0.05, 0) is 65.6 Å². The Labute approximate surface area is 292 Å². The fourth-order valence-corrected chi connectivity index (χ4v) is 8.71. The third-order valence-electron chi connectivity index (χ3n) is 10.9. The van der Waals surface area contributed by atoms with E-state index < -0.39 is 46.5 Å². The Bertz CT molecular complexity index is 2530. The van der Waals surface area contributed by atoms with Crippen LogP contribution in [0, 0.1) is 12.8 Å². The summed E-state index contributed by atoms with van der Waals surface area (Å²) in [5.41, 5.74) is 4.37. The summed E-state index contributed by atoms with van der Waals surface area (Å²) in [5.74, 6) is -2.82. The number of carbonyl (C=O) groups excluding carboxylic acids is 2. The number of para-hydroxylation sites is 1. The zero-order valence-electron chi connectivity index (χ0n) is 27.6. The minimum Gasteiger partial charge on any atom is -0.508 e. The number of phenols is 1. The summed E-state index contributed by atoms with van der Waals surface area (Å²) in [7, 11) is 0. The number of carbonyl (C=O) groups is 2. The lowest BCUT2D eigenvalue weighted by molar-refractivity contribution is -0.138. The Hall–Kier alpha value is -6.42. The average molecular weight is 676 g/mol. The van der Waals surface area contributed by atoms with Crippen LogP contribution in [0.2, 0.25) is 0 Å². The van der Waals surface area contributed by atoms with Crippen LogP contribution >= 0.6 is 0 Å². The number of aromatic hydroxyl groups is 1. The molecule has 6 aromatic rings. The van der Waals surface area contributed by atoms with E-state index in [0.717, 1.165) is 25.9 Å². The molecule has 1 aliphatic carbocycles. The maximum atomic E-state index is 15.4. The molecule has 5 aromatic carbocycles. The van der Waals surface area contributed by atoms with Gasteiger partial charge in [0.05, 0.1) is 35.3 Å². The van der Waals surface area contributed by atoms with Crippen LogP contribution in [0.5, 0.6) is 5.75 Å². The molecule has 2 fully saturated rings. The largest absolute Gasteiger partial charge is 0.508 e. The second kappa shape index (κ2) is 11.3. The molecule has 0 bridgehead atoms. The number of allylic oxidation sites excluding steroid dienone is 2. The number of rotatable bonds is 5. The van der Waals surface area contributed by atoms with E-state index in [1.54, 1.807) is 30.3 Å². The quantitative estimate of drug-likeness (QED) is 0.182. The molecule has 2 N–H and O–H groups in total. The third kappa shape index (κ3) is 4.29. The Morgan fingerprint density at radius 2 is 1.45 bits per heavy atom. The predicted octanol–water partition coefficient (Wildman–Crippen LogP) is 5.59. The van der Waals surface area contributed by atoms with Crippen LogP contribution in [0.3, 0.4) is 0 Å². The summed E-state index contributed by atoms with van der Waals surface area (Å²) in [6.45, 7) is 2.02. The predicted molar refractivity (Wildman–Crippen MR) is 193 cm³/mol. The van der Waals surface area contributed by atoms with Gasteiger partial charge in [0.2, 0.25) is 0 Å². The summed E-state index contributed by atoms with van der Waals surface area (Å²) in [5, 5.41) is 14.6. The number of fused-ring (bicyclic) bond motifs is 5. The van der Waals surface area contributed by atoms with Gasteiger partial charge in [0.25, 0.3) is 11.8 Å². The van der Waals surface area contributed by atoms with Gasteiger partial charge in [0.1, 0.15) is 5.75 Å². The van der Waals surface area contributed by atoms with Crippen molar-refractivity contribution in [3.8, 4) is 11.4 Å². The monoisotopic (exact) mass is 675 g/mol. The molecule has 2 amide bonds. The molecule has 1 saturated heterocycles. The van der Waals surface area contributed by atoms with Crippen molar-refractivity contribution in [2.75, 3.05) is 5.43 Å². The zero-order valence-corrected chi connectivity index (χ0v) is 27.6. The van der Waals surface area contributed by atoms with E-state index in [-0.39, 0.29) is 18.7 Å². The second-order valence-electron chi connectivity index (χ2n) is 13.5. The molecule has 4 atom stereocenters. The van der Waals surface area contributed by atoms with Crippen LogP contribution in [-0.2, 0) is 21.5 Å². The van der Waals surface area contributed by atoms with Crippen molar-refractivity contribution >= 4 is 28.3 Å². The molecule has 10 nitrogen and oxygen atoms in total. The number of amides is 2. The van der Waals surface area contributed by atoms with Gasteiger partial charge in [-0.3, -0.25) is 15.0 Å². The molecule has 1 saturated carbocycles. The van der Waals surface area contributed by atoms with Crippen molar-refractivity contribution in [3.63, 3.8) is 0 Å². The van der Waals surface area contributed by atoms with Gasteiger partial charge in [-0.15, -0.1) is 0 Å². The first-order valence-corrected chi connectivity index (χ1v) is 17.0. The maximum Gasteiger partial charge on any atom is 0.352 e. The number of nitrogens with zero attached hydrogens (tertiary/aromatic N) is 4. The molecule has 3 aliphatic rings. The number of hydrogen-bond acceptors (Lipinski definition) is 6. The number of imide groups is 1. The van der Waals surface area contributed by atoms with Crippen LogP contribution in [0.4, 0.5) is 5.69 Å². The molecule has 4 unspecified atom stereocenters. The minimum absolute atomic E-state index is 0.0309. The van der Waals surface area contributed by atoms with E-state index in [2.05, 4.69) is 5.43 Å². The molecule has 10 heteroatoms. The Morgan fingerprint density at radius 3 is 2.20 bits per heavy atom. The van der Waals surface area contributed by atoms with E-state index in [0.29, 0.717) is 28.1 Å². The molecule has 1 aromatic heterocycles. The van der Waals surface area contributed by atoms with Crippen molar-refractivity contribution in [1.82, 2.24) is 18.9 Å². The van der Waals surface area contributed by atoms with Gasteiger partial charge < -0.3 is 5.11 Å². The zero-order chi connectivity index (χ0) is 35.0. The number of anilines is 1. The summed E-state index contributed by atoms with van der Waals surface area (Å²) in [4.78, 5) is 58.6. The summed E-state index contributed by atoms with van der Waals surface area (Å²) < 4.78 is 4.00. The summed E-state index contributed by atoms with van der Waals surface area (Å²) in [6, 6.07) is 35.7.